The maximum atomic E-state index is 12.3. The van der Waals surface area contributed by atoms with Gasteiger partial charge >= 0.3 is 0 Å². The molecule has 2 heterocycles. The quantitative estimate of drug-likeness (QED) is 0.878. The van der Waals surface area contributed by atoms with Gasteiger partial charge in [-0.2, -0.15) is 0 Å². The van der Waals surface area contributed by atoms with Crippen molar-refractivity contribution in [1.82, 2.24) is 4.90 Å². The summed E-state index contributed by atoms with van der Waals surface area (Å²) in [7, 11) is 0. The molecule has 0 unspecified atom stereocenters. The van der Waals surface area contributed by atoms with E-state index in [1.165, 1.54) is 10.5 Å². The Morgan fingerprint density at radius 1 is 1.21 bits per heavy atom. The van der Waals surface area contributed by atoms with E-state index in [4.69, 9.17) is 5.73 Å². The van der Waals surface area contributed by atoms with Gasteiger partial charge in [0.15, 0.2) is 0 Å². The second-order valence-corrected chi connectivity index (χ2v) is 6.54. The highest BCUT2D eigenvalue weighted by Gasteiger charge is 2.18. The molecule has 2 aromatic rings. The van der Waals surface area contributed by atoms with Gasteiger partial charge in [-0.15, -0.1) is 11.3 Å². The Labute approximate surface area is 144 Å². The lowest BCUT2D eigenvalue weighted by Crippen LogP contribution is -2.38. The van der Waals surface area contributed by atoms with Crippen LogP contribution >= 0.6 is 11.3 Å². The fraction of sp³-hybridized carbons (Fsp3) is 0.222. The van der Waals surface area contributed by atoms with Gasteiger partial charge in [0.1, 0.15) is 0 Å². The number of benzene rings is 1. The number of nitrogens with one attached hydrogen (secondary N) is 1. The lowest BCUT2D eigenvalue weighted by molar-refractivity contribution is -0.128. The van der Waals surface area contributed by atoms with Crippen molar-refractivity contribution in [3.8, 4) is 0 Å². The van der Waals surface area contributed by atoms with Crippen molar-refractivity contribution < 1.29 is 9.59 Å². The molecule has 5 nitrogen and oxygen atoms in total. The number of carbonyl (C=O) groups excluding carboxylic acids is 2. The molecule has 1 aromatic heterocycles. The first-order chi connectivity index (χ1) is 11.6. The molecule has 0 bridgehead atoms. The van der Waals surface area contributed by atoms with Crippen LogP contribution in [0.2, 0.25) is 0 Å². The number of nitrogens with two attached hydrogens (primary N) is 1. The normalized spacial score (nSPS) is 14.2. The lowest BCUT2D eigenvalue weighted by Gasteiger charge is -2.26. The molecule has 6 heteroatoms. The number of rotatable bonds is 5. The molecule has 1 aliphatic rings. The van der Waals surface area contributed by atoms with Crippen LogP contribution in [-0.4, -0.2) is 36.3 Å². The zero-order valence-electron chi connectivity index (χ0n) is 13.2. The zero-order chi connectivity index (χ0) is 16.9. The van der Waals surface area contributed by atoms with E-state index >= 15 is 0 Å². The van der Waals surface area contributed by atoms with Crippen LogP contribution in [0.5, 0.6) is 0 Å². The first-order valence-corrected chi connectivity index (χ1v) is 8.66. The second-order valence-electron chi connectivity index (χ2n) is 5.59. The summed E-state index contributed by atoms with van der Waals surface area (Å²) in [6, 6.07) is 11.0. The van der Waals surface area contributed by atoms with E-state index in [-0.39, 0.29) is 12.5 Å². The van der Waals surface area contributed by atoms with Gasteiger partial charge in [-0.05, 0) is 47.7 Å². The number of hydrogen-bond acceptors (Lipinski definition) is 4. The highest BCUT2D eigenvalue weighted by Crippen LogP contribution is 2.26. The van der Waals surface area contributed by atoms with E-state index in [1.54, 1.807) is 35.6 Å². The molecule has 24 heavy (non-hydrogen) atoms. The Balaban J connectivity index is 1.52. The van der Waals surface area contributed by atoms with Gasteiger partial charge in [-0.3, -0.25) is 9.59 Å². The molecule has 2 amide bonds. The van der Waals surface area contributed by atoms with E-state index in [9.17, 15) is 9.59 Å². The number of thiophene rings is 1. The van der Waals surface area contributed by atoms with Gasteiger partial charge in [-0.1, -0.05) is 12.1 Å². The van der Waals surface area contributed by atoms with Gasteiger partial charge < -0.3 is 16.0 Å². The van der Waals surface area contributed by atoms with Crippen LogP contribution in [0, 0.1) is 0 Å². The third kappa shape index (κ3) is 3.83. The van der Waals surface area contributed by atoms with Crippen LogP contribution in [0.3, 0.4) is 0 Å². The fourth-order valence-corrected chi connectivity index (χ4v) is 3.42. The summed E-state index contributed by atoms with van der Waals surface area (Å²) in [6.07, 6.45) is 3.02. The molecule has 3 rings (SSSR count). The van der Waals surface area contributed by atoms with Gasteiger partial charge in [0.25, 0.3) is 0 Å². The first kappa shape index (κ1) is 16.3. The summed E-state index contributed by atoms with van der Waals surface area (Å²) < 4.78 is 0. The molecule has 0 fully saturated rings. The van der Waals surface area contributed by atoms with E-state index in [2.05, 4.69) is 22.8 Å². The van der Waals surface area contributed by atoms with E-state index in [0.717, 1.165) is 18.7 Å². The van der Waals surface area contributed by atoms with Gasteiger partial charge in [0.2, 0.25) is 11.8 Å². The van der Waals surface area contributed by atoms with Crippen molar-refractivity contribution in [2.24, 2.45) is 5.73 Å². The molecule has 0 saturated carbocycles. The summed E-state index contributed by atoms with van der Waals surface area (Å²) >= 11 is 1.73. The Morgan fingerprint density at radius 3 is 2.58 bits per heavy atom. The van der Waals surface area contributed by atoms with E-state index in [1.807, 2.05) is 11.0 Å². The Hall–Kier alpha value is -2.60. The number of amides is 2. The molecular formula is C18H19N3O2S. The molecule has 0 saturated heterocycles. The van der Waals surface area contributed by atoms with E-state index in [0.29, 0.717) is 12.1 Å². The van der Waals surface area contributed by atoms with Crippen LogP contribution in [0.25, 0.3) is 5.57 Å². The summed E-state index contributed by atoms with van der Waals surface area (Å²) in [5.74, 6) is -0.394. The third-order valence-corrected chi connectivity index (χ3v) is 4.96. The predicted molar refractivity (Wildman–Crippen MR) is 96.9 cm³/mol. The molecule has 0 spiro atoms. The van der Waals surface area contributed by atoms with Crippen LogP contribution in [0.4, 0.5) is 5.69 Å². The minimum absolute atomic E-state index is 0.0652. The molecule has 1 aliphatic heterocycles. The van der Waals surface area contributed by atoms with Crippen molar-refractivity contribution in [3.63, 3.8) is 0 Å². The predicted octanol–water partition coefficient (Wildman–Crippen LogP) is 2.57. The standard InChI is InChI=1S/C18H19N3O2S/c19-18(23)14-3-5-15(6-4-14)20-12-17(22)21-9-7-13(8-10-21)16-2-1-11-24-16/h1-7,11,20H,8-10,12H2,(H2,19,23). The van der Waals surface area contributed by atoms with E-state index < -0.39 is 5.91 Å². The zero-order valence-corrected chi connectivity index (χ0v) is 14.0. The van der Waals surface area contributed by atoms with Crippen molar-refractivity contribution >= 4 is 34.4 Å². The Kier molecular flexibility index (Phi) is 4.96. The van der Waals surface area contributed by atoms with Crippen LogP contribution in [0.15, 0.2) is 47.9 Å². The highest BCUT2D eigenvalue weighted by atomic mass is 32.1. The van der Waals surface area contributed by atoms with Crippen LogP contribution < -0.4 is 11.1 Å². The average Bonchev–Trinajstić information content (AvgIpc) is 3.15. The second kappa shape index (κ2) is 7.31. The molecule has 3 N–H and O–H groups in total. The number of primary amides is 1. The molecule has 0 radical (unpaired) electrons. The van der Waals surface area contributed by atoms with Gasteiger partial charge in [0.05, 0.1) is 6.54 Å². The Morgan fingerprint density at radius 2 is 2.00 bits per heavy atom. The summed E-state index contributed by atoms with van der Waals surface area (Å²) in [4.78, 5) is 26.5. The molecule has 1 aromatic carbocycles. The summed E-state index contributed by atoms with van der Waals surface area (Å²) in [5.41, 5.74) is 7.77. The first-order valence-electron chi connectivity index (χ1n) is 7.78. The monoisotopic (exact) mass is 341 g/mol. The van der Waals surface area contributed by atoms with Crippen LogP contribution in [-0.2, 0) is 4.79 Å². The summed E-state index contributed by atoms with van der Waals surface area (Å²) in [5, 5.41) is 5.16. The summed E-state index contributed by atoms with van der Waals surface area (Å²) in [6.45, 7) is 1.62. The minimum Gasteiger partial charge on any atom is -0.376 e. The molecule has 0 aliphatic carbocycles. The maximum Gasteiger partial charge on any atom is 0.248 e. The molecule has 0 atom stereocenters. The lowest BCUT2D eigenvalue weighted by atomic mass is 10.1. The third-order valence-electron chi connectivity index (χ3n) is 4.01. The van der Waals surface area contributed by atoms with Gasteiger partial charge in [0, 0.05) is 29.2 Å². The highest BCUT2D eigenvalue weighted by molar-refractivity contribution is 7.11. The van der Waals surface area contributed by atoms with Crippen LogP contribution in [0.1, 0.15) is 21.7 Å². The number of carbonyl (C=O) groups is 2. The average molecular weight is 341 g/mol. The Bertz CT molecular complexity index is 751. The number of anilines is 1. The van der Waals surface area contributed by atoms with Crippen molar-refractivity contribution in [2.45, 2.75) is 6.42 Å². The maximum absolute atomic E-state index is 12.3. The largest absolute Gasteiger partial charge is 0.376 e. The molecular weight excluding hydrogens is 322 g/mol. The van der Waals surface area contributed by atoms with Crippen molar-refractivity contribution in [1.29, 1.82) is 0 Å². The molecule has 124 valence electrons. The topological polar surface area (TPSA) is 75.4 Å². The SMILES string of the molecule is NC(=O)c1ccc(NCC(=O)N2CC=C(c3cccs3)CC2)cc1. The minimum atomic E-state index is -0.459. The van der Waals surface area contributed by atoms with Crippen molar-refractivity contribution in [2.75, 3.05) is 25.0 Å². The van der Waals surface area contributed by atoms with Crippen molar-refractivity contribution in [3.05, 3.63) is 58.3 Å². The number of hydrogen-bond donors (Lipinski definition) is 2. The fourth-order valence-electron chi connectivity index (χ4n) is 2.62. The smallest absolute Gasteiger partial charge is 0.248 e. The van der Waals surface area contributed by atoms with Gasteiger partial charge in [-0.25, -0.2) is 0 Å². The number of nitrogens with zero attached hydrogens (tertiary/aromatic N) is 1.